The Hall–Kier alpha value is -2.57. The van der Waals surface area contributed by atoms with Crippen molar-refractivity contribution in [2.24, 2.45) is 0 Å². The van der Waals surface area contributed by atoms with Gasteiger partial charge in [-0.25, -0.2) is 14.8 Å². The predicted molar refractivity (Wildman–Crippen MR) is 110 cm³/mol. The summed E-state index contributed by atoms with van der Waals surface area (Å²) in [5.74, 6) is 1.35. The fraction of sp³-hybridized carbons (Fsp3) is 0.571. The smallest absolute Gasteiger partial charge is 0.410 e. The third-order valence-electron chi connectivity index (χ3n) is 4.80. The molecular weight excluding hydrogens is 356 g/mol. The summed E-state index contributed by atoms with van der Waals surface area (Å²) in [7, 11) is 1.82. The zero-order valence-corrected chi connectivity index (χ0v) is 17.4. The molecular formula is C21H30N4O3. The largest absolute Gasteiger partial charge is 0.475 e. The van der Waals surface area contributed by atoms with Gasteiger partial charge in [0, 0.05) is 26.2 Å². The van der Waals surface area contributed by atoms with Crippen molar-refractivity contribution in [2.75, 3.05) is 31.6 Å². The van der Waals surface area contributed by atoms with Crippen LogP contribution in [-0.4, -0.2) is 59.3 Å². The van der Waals surface area contributed by atoms with E-state index in [-0.39, 0.29) is 12.1 Å². The van der Waals surface area contributed by atoms with E-state index in [4.69, 9.17) is 14.5 Å². The Morgan fingerprint density at radius 2 is 1.79 bits per heavy atom. The lowest BCUT2D eigenvalue weighted by molar-refractivity contribution is 0.0200. The molecule has 1 aliphatic heterocycles. The van der Waals surface area contributed by atoms with Gasteiger partial charge in [0.1, 0.15) is 5.60 Å². The molecule has 1 aromatic heterocycles. The number of benzene rings is 1. The highest BCUT2D eigenvalue weighted by Gasteiger charge is 2.30. The molecule has 1 amide bonds. The zero-order chi connectivity index (χ0) is 20.3. The minimum atomic E-state index is -0.487. The van der Waals surface area contributed by atoms with Crippen LogP contribution in [-0.2, 0) is 4.74 Å². The standard InChI is InChI=1S/C21H30N4O3/c1-6-27-19-18(22-16-9-7-8-10-17(16)23-19)25-13-11-15(12-14-25)24(5)20(26)28-21(2,3)4/h7-10,15H,6,11-14H2,1-5H3. The van der Waals surface area contributed by atoms with E-state index in [1.807, 2.05) is 59.0 Å². The molecule has 1 aliphatic rings. The second kappa shape index (κ2) is 8.20. The van der Waals surface area contributed by atoms with Crippen molar-refractivity contribution in [1.29, 1.82) is 0 Å². The third-order valence-corrected chi connectivity index (χ3v) is 4.80. The lowest BCUT2D eigenvalue weighted by Crippen LogP contribution is -2.47. The molecule has 7 nitrogen and oxygen atoms in total. The van der Waals surface area contributed by atoms with E-state index in [2.05, 4.69) is 9.88 Å². The molecule has 1 saturated heterocycles. The van der Waals surface area contributed by atoms with Crippen LogP contribution in [0.5, 0.6) is 5.88 Å². The summed E-state index contributed by atoms with van der Waals surface area (Å²) >= 11 is 0. The van der Waals surface area contributed by atoms with E-state index in [0.29, 0.717) is 12.5 Å². The van der Waals surface area contributed by atoms with Crippen LogP contribution in [0, 0.1) is 0 Å². The normalized spacial score (nSPS) is 15.5. The molecule has 0 atom stereocenters. The minimum absolute atomic E-state index is 0.148. The van der Waals surface area contributed by atoms with Crippen LogP contribution < -0.4 is 9.64 Å². The minimum Gasteiger partial charge on any atom is -0.475 e. The fourth-order valence-corrected chi connectivity index (χ4v) is 3.36. The summed E-state index contributed by atoms with van der Waals surface area (Å²) < 4.78 is 11.3. The molecule has 0 aliphatic carbocycles. The molecule has 28 heavy (non-hydrogen) atoms. The van der Waals surface area contributed by atoms with Crippen LogP contribution in [0.15, 0.2) is 24.3 Å². The number of carbonyl (C=O) groups excluding carboxylic acids is 1. The highest BCUT2D eigenvalue weighted by molar-refractivity contribution is 5.77. The molecule has 1 fully saturated rings. The molecule has 0 N–H and O–H groups in total. The zero-order valence-electron chi connectivity index (χ0n) is 17.4. The van der Waals surface area contributed by atoms with Crippen molar-refractivity contribution in [3.63, 3.8) is 0 Å². The topological polar surface area (TPSA) is 67.8 Å². The summed E-state index contributed by atoms with van der Waals surface area (Å²) in [6, 6.07) is 7.96. The number of aromatic nitrogens is 2. The Labute approximate surface area is 166 Å². The van der Waals surface area contributed by atoms with Crippen molar-refractivity contribution >= 4 is 22.9 Å². The number of para-hydroxylation sites is 2. The first-order valence-corrected chi connectivity index (χ1v) is 9.89. The predicted octanol–water partition coefficient (Wildman–Crippen LogP) is 3.86. The van der Waals surface area contributed by atoms with Gasteiger partial charge in [0.2, 0.25) is 0 Å². The average molecular weight is 386 g/mol. The molecule has 152 valence electrons. The van der Waals surface area contributed by atoms with Crippen molar-refractivity contribution in [1.82, 2.24) is 14.9 Å². The highest BCUT2D eigenvalue weighted by atomic mass is 16.6. The maximum Gasteiger partial charge on any atom is 0.410 e. The fourth-order valence-electron chi connectivity index (χ4n) is 3.36. The molecule has 2 aromatic rings. The van der Waals surface area contributed by atoms with Crippen molar-refractivity contribution in [3.8, 4) is 5.88 Å². The first-order valence-electron chi connectivity index (χ1n) is 9.89. The second-order valence-corrected chi connectivity index (χ2v) is 8.08. The third kappa shape index (κ3) is 4.64. The van der Waals surface area contributed by atoms with Crippen LogP contribution in [0.3, 0.4) is 0 Å². The Morgan fingerprint density at radius 1 is 1.18 bits per heavy atom. The molecule has 1 aromatic carbocycles. The molecule has 0 spiro atoms. The molecule has 0 saturated carbocycles. The van der Waals surface area contributed by atoms with Crippen LogP contribution in [0.1, 0.15) is 40.5 Å². The van der Waals surface area contributed by atoms with Gasteiger partial charge in [0.25, 0.3) is 5.88 Å². The van der Waals surface area contributed by atoms with Crippen LogP contribution >= 0.6 is 0 Å². The van der Waals surface area contributed by atoms with Gasteiger partial charge >= 0.3 is 6.09 Å². The average Bonchev–Trinajstić information content (AvgIpc) is 2.66. The molecule has 2 heterocycles. The summed E-state index contributed by atoms with van der Waals surface area (Å²) in [6.45, 7) is 9.70. The maximum atomic E-state index is 12.3. The number of anilines is 1. The Kier molecular flexibility index (Phi) is 5.91. The monoisotopic (exact) mass is 386 g/mol. The van der Waals surface area contributed by atoms with Crippen molar-refractivity contribution in [2.45, 2.75) is 52.2 Å². The summed E-state index contributed by atoms with van der Waals surface area (Å²) in [5, 5.41) is 0. The van der Waals surface area contributed by atoms with E-state index in [1.165, 1.54) is 0 Å². The molecule has 0 unspecified atom stereocenters. The van der Waals surface area contributed by atoms with Gasteiger partial charge in [-0.1, -0.05) is 12.1 Å². The number of rotatable bonds is 4. The Balaban J connectivity index is 1.72. The van der Waals surface area contributed by atoms with E-state index >= 15 is 0 Å². The summed E-state index contributed by atoms with van der Waals surface area (Å²) in [4.78, 5) is 25.7. The first kappa shape index (κ1) is 20.2. The number of fused-ring (bicyclic) bond motifs is 1. The van der Waals surface area contributed by atoms with E-state index < -0.39 is 5.60 Å². The number of ether oxygens (including phenoxy) is 2. The first-order chi connectivity index (χ1) is 13.3. The number of hydrogen-bond donors (Lipinski definition) is 0. The van der Waals surface area contributed by atoms with E-state index in [0.717, 1.165) is 42.8 Å². The van der Waals surface area contributed by atoms with Gasteiger partial charge in [-0.2, -0.15) is 0 Å². The van der Waals surface area contributed by atoms with E-state index in [9.17, 15) is 4.79 Å². The highest BCUT2D eigenvalue weighted by Crippen LogP contribution is 2.30. The quantitative estimate of drug-likeness (QED) is 0.795. The summed E-state index contributed by atoms with van der Waals surface area (Å²) in [6.07, 6.45) is 1.41. The molecule has 0 bridgehead atoms. The number of nitrogens with zero attached hydrogens (tertiary/aromatic N) is 4. The number of piperidine rings is 1. The lowest BCUT2D eigenvalue weighted by atomic mass is 10.0. The van der Waals surface area contributed by atoms with Gasteiger partial charge in [-0.3, -0.25) is 0 Å². The van der Waals surface area contributed by atoms with Gasteiger partial charge in [-0.15, -0.1) is 0 Å². The van der Waals surface area contributed by atoms with Crippen LogP contribution in [0.2, 0.25) is 0 Å². The van der Waals surface area contributed by atoms with Crippen LogP contribution in [0.4, 0.5) is 10.6 Å². The van der Waals surface area contributed by atoms with Gasteiger partial charge in [0.05, 0.1) is 17.6 Å². The number of carbonyl (C=O) groups is 1. The Morgan fingerprint density at radius 3 is 2.36 bits per heavy atom. The lowest BCUT2D eigenvalue weighted by Gasteiger charge is -2.37. The second-order valence-electron chi connectivity index (χ2n) is 8.08. The van der Waals surface area contributed by atoms with Gasteiger partial charge in [0.15, 0.2) is 5.82 Å². The Bertz CT molecular complexity index is 826. The van der Waals surface area contributed by atoms with Crippen molar-refractivity contribution < 1.29 is 14.3 Å². The van der Waals surface area contributed by atoms with Crippen LogP contribution in [0.25, 0.3) is 11.0 Å². The molecule has 3 rings (SSSR count). The SMILES string of the molecule is CCOc1nc2ccccc2nc1N1CCC(N(C)C(=O)OC(C)(C)C)CC1. The van der Waals surface area contributed by atoms with Crippen molar-refractivity contribution in [3.05, 3.63) is 24.3 Å². The maximum absolute atomic E-state index is 12.3. The van der Waals surface area contributed by atoms with E-state index in [1.54, 1.807) is 4.90 Å². The molecule has 7 heteroatoms. The van der Waals surface area contributed by atoms with Gasteiger partial charge in [-0.05, 0) is 52.7 Å². The number of amides is 1. The van der Waals surface area contributed by atoms with Gasteiger partial charge < -0.3 is 19.3 Å². The number of hydrogen-bond acceptors (Lipinski definition) is 6. The molecule has 0 radical (unpaired) electrons. The summed E-state index contributed by atoms with van der Waals surface area (Å²) in [5.41, 5.74) is 1.20.